The van der Waals surface area contributed by atoms with Crippen molar-refractivity contribution < 1.29 is 14.3 Å². The molecule has 4 heteroatoms. The average molecular weight is 384 g/mol. The van der Waals surface area contributed by atoms with E-state index in [4.69, 9.17) is 4.74 Å². The van der Waals surface area contributed by atoms with E-state index in [0.29, 0.717) is 6.42 Å². The minimum Gasteiger partial charge on any atom is -0.467 e. The third-order valence-corrected chi connectivity index (χ3v) is 5.21. The van der Waals surface area contributed by atoms with Gasteiger partial charge in [-0.05, 0) is 6.42 Å². The molecule has 0 bridgehead atoms. The summed E-state index contributed by atoms with van der Waals surface area (Å²) in [6, 6.07) is -0.487. The molecular weight excluding hydrogens is 338 g/mol. The molecule has 0 saturated carbocycles. The number of rotatable bonds is 19. The maximum atomic E-state index is 11.6. The highest BCUT2D eigenvalue weighted by Crippen LogP contribution is 2.14. The van der Waals surface area contributed by atoms with Crippen LogP contribution in [0.2, 0.25) is 0 Å². The van der Waals surface area contributed by atoms with E-state index < -0.39 is 6.04 Å². The van der Waals surface area contributed by atoms with Gasteiger partial charge in [0.05, 0.1) is 7.11 Å². The van der Waals surface area contributed by atoms with Crippen LogP contribution in [0.4, 0.5) is 0 Å². The molecule has 0 aliphatic heterocycles. The Kier molecular flexibility index (Phi) is 18.9. The summed E-state index contributed by atoms with van der Waals surface area (Å²) >= 11 is 0. The van der Waals surface area contributed by atoms with Gasteiger partial charge in [0.2, 0.25) is 5.91 Å². The van der Waals surface area contributed by atoms with Crippen LogP contribution in [0.25, 0.3) is 0 Å². The molecule has 1 unspecified atom stereocenters. The Morgan fingerprint density at radius 2 is 1.07 bits per heavy atom. The number of nitrogens with one attached hydrogen (secondary N) is 1. The van der Waals surface area contributed by atoms with Gasteiger partial charge in [-0.15, -0.1) is 0 Å². The zero-order valence-electron chi connectivity index (χ0n) is 18.3. The molecule has 1 N–H and O–H groups in total. The molecule has 1 amide bonds. The molecular formula is C23H45NO3. The van der Waals surface area contributed by atoms with Crippen molar-refractivity contribution in [1.82, 2.24) is 5.32 Å². The molecule has 0 aliphatic carbocycles. The minimum atomic E-state index is -0.487. The number of unbranched alkanes of at least 4 members (excludes halogenated alkanes) is 15. The molecule has 0 aliphatic rings. The number of carbonyl (C=O) groups excluding carboxylic acids is 2. The molecule has 27 heavy (non-hydrogen) atoms. The van der Waals surface area contributed by atoms with Gasteiger partial charge >= 0.3 is 5.97 Å². The van der Waals surface area contributed by atoms with Crippen molar-refractivity contribution in [2.75, 3.05) is 7.11 Å². The smallest absolute Gasteiger partial charge is 0.328 e. The zero-order valence-corrected chi connectivity index (χ0v) is 18.3. The summed E-state index contributed by atoms with van der Waals surface area (Å²) in [4.78, 5) is 22.7. The van der Waals surface area contributed by atoms with E-state index in [-0.39, 0.29) is 11.9 Å². The van der Waals surface area contributed by atoms with Gasteiger partial charge in [-0.2, -0.15) is 0 Å². The summed E-state index contributed by atoms with van der Waals surface area (Å²) in [5, 5.41) is 2.67. The Bertz CT molecular complexity index is 358. The number of carbonyl (C=O) groups is 2. The molecule has 4 nitrogen and oxygen atoms in total. The van der Waals surface area contributed by atoms with Gasteiger partial charge in [0.25, 0.3) is 0 Å². The Balaban J connectivity index is 3.34. The number of methoxy groups -OCH3 is 1. The van der Waals surface area contributed by atoms with Crippen LogP contribution >= 0.6 is 0 Å². The molecule has 0 rings (SSSR count). The van der Waals surface area contributed by atoms with E-state index in [2.05, 4.69) is 12.2 Å². The van der Waals surface area contributed by atoms with Gasteiger partial charge in [-0.25, -0.2) is 4.79 Å². The molecule has 0 aromatic heterocycles. The van der Waals surface area contributed by atoms with E-state index in [1.54, 1.807) is 0 Å². The summed E-state index contributed by atoms with van der Waals surface area (Å²) in [7, 11) is 1.37. The lowest BCUT2D eigenvalue weighted by atomic mass is 10.0. The molecule has 0 aromatic carbocycles. The first-order valence-electron chi connectivity index (χ1n) is 11.5. The van der Waals surface area contributed by atoms with Crippen molar-refractivity contribution in [2.45, 2.75) is 129 Å². The molecule has 0 fully saturated rings. The highest BCUT2D eigenvalue weighted by Gasteiger charge is 2.19. The van der Waals surface area contributed by atoms with Crippen molar-refractivity contribution >= 4 is 11.9 Å². The number of esters is 1. The van der Waals surface area contributed by atoms with Crippen LogP contribution < -0.4 is 5.32 Å². The normalized spacial score (nSPS) is 12.0. The highest BCUT2D eigenvalue weighted by atomic mass is 16.5. The molecule has 0 heterocycles. The van der Waals surface area contributed by atoms with Gasteiger partial charge in [-0.3, -0.25) is 4.79 Å². The van der Waals surface area contributed by atoms with Crippen LogP contribution in [0.1, 0.15) is 123 Å². The predicted molar refractivity (Wildman–Crippen MR) is 114 cm³/mol. The molecule has 0 aromatic rings. The molecule has 160 valence electrons. The lowest BCUT2D eigenvalue weighted by Crippen LogP contribution is -2.40. The predicted octanol–water partition coefficient (Wildman–Crippen LogP) is 6.32. The van der Waals surface area contributed by atoms with Crippen LogP contribution in [0.15, 0.2) is 0 Å². The number of hydrogen-bond donors (Lipinski definition) is 1. The van der Waals surface area contributed by atoms with E-state index in [1.165, 1.54) is 104 Å². The fourth-order valence-electron chi connectivity index (χ4n) is 3.53. The zero-order chi connectivity index (χ0) is 20.2. The van der Waals surface area contributed by atoms with Crippen LogP contribution in [-0.2, 0) is 14.3 Å². The number of amides is 1. The second-order valence-electron chi connectivity index (χ2n) is 7.87. The molecule has 1 atom stereocenters. The van der Waals surface area contributed by atoms with E-state index in [0.717, 1.165) is 12.8 Å². The number of hydrogen-bond acceptors (Lipinski definition) is 3. The summed E-state index contributed by atoms with van der Waals surface area (Å²) < 4.78 is 4.74. The second kappa shape index (κ2) is 19.7. The van der Waals surface area contributed by atoms with Crippen LogP contribution in [0.5, 0.6) is 0 Å². The molecule has 0 spiro atoms. The third-order valence-electron chi connectivity index (χ3n) is 5.21. The Labute approximate surface area is 168 Å². The average Bonchev–Trinajstić information content (AvgIpc) is 2.65. The lowest BCUT2D eigenvalue weighted by Gasteiger charge is -2.15. The van der Waals surface area contributed by atoms with Crippen molar-refractivity contribution in [1.29, 1.82) is 0 Å². The SMILES string of the molecule is CCCCCCCCCCCCCCCCCCC(NC(C)=O)C(=O)OC. The summed E-state index contributed by atoms with van der Waals surface area (Å²) in [5.74, 6) is -0.520. The topological polar surface area (TPSA) is 55.4 Å². The second-order valence-corrected chi connectivity index (χ2v) is 7.87. The highest BCUT2D eigenvalue weighted by molar-refractivity contribution is 5.83. The fraction of sp³-hybridized carbons (Fsp3) is 0.913. The quantitative estimate of drug-likeness (QED) is 0.210. The van der Waals surface area contributed by atoms with Crippen molar-refractivity contribution in [3.63, 3.8) is 0 Å². The summed E-state index contributed by atoms with van der Waals surface area (Å²) in [5.41, 5.74) is 0. The van der Waals surface area contributed by atoms with Crippen molar-refractivity contribution in [3.05, 3.63) is 0 Å². The Hall–Kier alpha value is -1.06. The maximum Gasteiger partial charge on any atom is 0.328 e. The van der Waals surface area contributed by atoms with Gasteiger partial charge in [0.15, 0.2) is 0 Å². The van der Waals surface area contributed by atoms with Gasteiger partial charge < -0.3 is 10.1 Å². The molecule has 0 radical (unpaired) electrons. The first-order valence-corrected chi connectivity index (χ1v) is 11.5. The Morgan fingerprint density at radius 3 is 1.41 bits per heavy atom. The van der Waals surface area contributed by atoms with Gasteiger partial charge in [-0.1, -0.05) is 110 Å². The van der Waals surface area contributed by atoms with Crippen LogP contribution in [-0.4, -0.2) is 25.0 Å². The van der Waals surface area contributed by atoms with Crippen LogP contribution in [0, 0.1) is 0 Å². The van der Waals surface area contributed by atoms with E-state index in [1.807, 2.05) is 0 Å². The number of ether oxygens (including phenoxy) is 1. The van der Waals surface area contributed by atoms with Gasteiger partial charge in [0.1, 0.15) is 6.04 Å². The Morgan fingerprint density at radius 1 is 0.704 bits per heavy atom. The fourth-order valence-corrected chi connectivity index (χ4v) is 3.53. The monoisotopic (exact) mass is 383 g/mol. The molecule has 0 saturated heterocycles. The minimum absolute atomic E-state index is 0.179. The van der Waals surface area contributed by atoms with Gasteiger partial charge in [0, 0.05) is 6.92 Å². The van der Waals surface area contributed by atoms with Crippen molar-refractivity contribution in [3.8, 4) is 0 Å². The summed E-state index contributed by atoms with van der Waals surface area (Å²) in [6.45, 7) is 3.71. The van der Waals surface area contributed by atoms with E-state index >= 15 is 0 Å². The van der Waals surface area contributed by atoms with Crippen LogP contribution in [0.3, 0.4) is 0 Å². The van der Waals surface area contributed by atoms with Crippen molar-refractivity contribution in [2.24, 2.45) is 0 Å². The third kappa shape index (κ3) is 18.1. The largest absolute Gasteiger partial charge is 0.467 e. The lowest BCUT2D eigenvalue weighted by molar-refractivity contribution is -0.145. The first-order chi connectivity index (χ1) is 13.1. The first kappa shape index (κ1) is 25.9. The van der Waals surface area contributed by atoms with E-state index in [9.17, 15) is 9.59 Å². The maximum absolute atomic E-state index is 11.6. The summed E-state index contributed by atoms with van der Waals surface area (Å²) in [6.07, 6.45) is 22.0. The standard InChI is InChI=1S/C23H45NO3/c1-4-5-6-7-8-9-10-11-12-13-14-15-16-17-18-19-20-22(23(26)27-3)24-21(2)25/h22H,4-20H2,1-3H3,(H,24,25).